The van der Waals surface area contributed by atoms with Crippen molar-refractivity contribution in [1.82, 2.24) is 5.32 Å². The Morgan fingerprint density at radius 2 is 1.82 bits per heavy atom. The molecule has 0 aliphatic heterocycles. The Morgan fingerprint density at radius 1 is 1.24 bits per heavy atom. The van der Waals surface area contributed by atoms with Gasteiger partial charge in [0.15, 0.2) is 0 Å². The number of carbonyl (C=O) groups is 2. The third-order valence-corrected chi connectivity index (χ3v) is 3.28. The van der Waals surface area contributed by atoms with Crippen LogP contribution in [0, 0.1) is 0 Å². The number of carbonyl (C=O) groups excluding carboxylic acids is 2. The molecule has 0 unspecified atom stereocenters. The van der Waals surface area contributed by atoms with E-state index in [-0.39, 0.29) is 18.3 Å². The van der Waals surface area contributed by atoms with Crippen molar-refractivity contribution in [2.75, 3.05) is 13.7 Å². The summed E-state index contributed by atoms with van der Waals surface area (Å²) < 4.78 is 4.84. The van der Waals surface area contributed by atoms with Gasteiger partial charge in [0.1, 0.15) is 5.54 Å². The molecular formula is C12H22N2O3. The number of nitrogens with one attached hydrogen (secondary N) is 1. The molecule has 0 bridgehead atoms. The van der Waals surface area contributed by atoms with Crippen LogP contribution in [0.1, 0.15) is 44.9 Å². The van der Waals surface area contributed by atoms with Crippen molar-refractivity contribution in [3.8, 4) is 0 Å². The number of amides is 1. The topological polar surface area (TPSA) is 81.4 Å². The molecule has 5 nitrogen and oxygen atoms in total. The lowest BCUT2D eigenvalue weighted by Gasteiger charge is -2.30. The Labute approximate surface area is 102 Å². The van der Waals surface area contributed by atoms with E-state index in [9.17, 15) is 9.59 Å². The minimum atomic E-state index is -0.822. The minimum absolute atomic E-state index is 0.167. The third-order valence-electron chi connectivity index (χ3n) is 3.28. The van der Waals surface area contributed by atoms with Crippen LogP contribution in [0.2, 0.25) is 0 Å². The van der Waals surface area contributed by atoms with Crippen LogP contribution in [-0.2, 0) is 14.3 Å². The van der Waals surface area contributed by atoms with E-state index >= 15 is 0 Å². The van der Waals surface area contributed by atoms with E-state index in [0.29, 0.717) is 19.4 Å². The lowest BCUT2D eigenvalue weighted by atomic mass is 9.90. The highest BCUT2D eigenvalue weighted by atomic mass is 16.5. The lowest BCUT2D eigenvalue weighted by molar-refractivity contribution is -0.151. The molecule has 0 spiro atoms. The first-order valence-corrected chi connectivity index (χ1v) is 6.24. The number of ether oxygens (including phenoxy) is 1. The molecule has 0 saturated heterocycles. The Bertz CT molecular complexity index is 271. The number of methoxy groups -OCH3 is 1. The maximum atomic E-state index is 11.9. The molecular weight excluding hydrogens is 220 g/mol. The van der Waals surface area contributed by atoms with Gasteiger partial charge in [-0.15, -0.1) is 0 Å². The van der Waals surface area contributed by atoms with Crippen LogP contribution < -0.4 is 11.1 Å². The van der Waals surface area contributed by atoms with Crippen LogP contribution in [0.25, 0.3) is 0 Å². The smallest absolute Gasteiger partial charge is 0.331 e. The molecule has 5 heteroatoms. The maximum absolute atomic E-state index is 11.9. The van der Waals surface area contributed by atoms with Gasteiger partial charge in [-0.05, 0) is 12.8 Å². The fourth-order valence-corrected chi connectivity index (χ4v) is 2.37. The molecule has 0 aromatic carbocycles. The molecule has 1 aliphatic carbocycles. The van der Waals surface area contributed by atoms with Gasteiger partial charge in [-0.2, -0.15) is 0 Å². The summed E-state index contributed by atoms with van der Waals surface area (Å²) in [6.07, 6.45) is 5.66. The molecule has 0 aromatic rings. The number of hydrogen-bond acceptors (Lipinski definition) is 4. The molecule has 17 heavy (non-hydrogen) atoms. The summed E-state index contributed by atoms with van der Waals surface area (Å²) in [7, 11) is 1.37. The van der Waals surface area contributed by atoms with E-state index in [1.165, 1.54) is 7.11 Å². The summed E-state index contributed by atoms with van der Waals surface area (Å²) in [5, 5.41) is 2.83. The number of rotatable bonds is 4. The Kier molecular flexibility index (Phi) is 5.41. The highest BCUT2D eigenvalue weighted by Gasteiger charge is 2.40. The van der Waals surface area contributed by atoms with Gasteiger partial charge in [-0.25, -0.2) is 4.79 Å². The van der Waals surface area contributed by atoms with Crippen LogP contribution >= 0.6 is 0 Å². The predicted octanol–water partition coefficient (Wildman–Crippen LogP) is 0.717. The minimum Gasteiger partial charge on any atom is -0.467 e. The van der Waals surface area contributed by atoms with Crippen LogP contribution in [0.4, 0.5) is 0 Å². The van der Waals surface area contributed by atoms with Crippen molar-refractivity contribution in [2.45, 2.75) is 50.5 Å². The van der Waals surface area contributed by atoms with Crippen molar-refractivity contribution in [2.24, 2.45) is 5.73 Å². The zero-order valence-electron chi connectivity index (χ0n) is 10.5. The first-order chi connectivity index (χ1) is 8.14. The molecule has 1 fully saturated rings. The molecule has 0 radical (unpaired) electrons. The summed E-state index contributed by atoms with van der Waals surface area (Å²) in [5.74, 6) is -0.496. The summed E-state index contributed by atoms with van der Waals surface area (Å²) in [6.45, 7) is 0.295. The third kappa shape index (κ3) is 3.70. The second-order valence-electron chi connectivity index (χ2n) is 4.57. The predicted molar refractivity (Wildman–Crippen MR) is 64.3 cm³/mol. The van der Waals surface area contributed by atoms with Crippen molar-refractivity contribution >= 4 is 11.9 Å². The molecule has 1 aliphatic rings. The van der Waals surface area contributed by atoms with Gasteiger partial charge in [0.25, 0.3) is 0 Å². The van der Waals surface area contributed by atoms with Crippen LogP contribution in [0.5, 0.6) is 0 Å². The van der Waals surface area contributed by atoms with E-state index in [4.69, 9.17) is 10.5 Å². The standard InChI is InChI=1S/C12H22N2O3/c1-17-11(16)12(14-10(15)6-9-13)7-4-2-3-5-8-12/h2-9,13H2,1H3,(H,14,15). The van der Waals surface area contributed by atoms with E-state index in [1.54, 1.807) is 0 Å². The van der Waals surface area contributed by atoms with Gasteiger partial charge in [0, 0.05) is 13.0 Å². The molecule has 0 heterocycles. The Balaban J connectivity index is 2.76. The maximum Gasteiger partial charge on any atom is 0.331 e. The molecule has 1 saturated carbocycles. The zero-order valence-corrected chi connectivity index (χ0v) is 10.5. The van der Waals surface area contributed by atoms with Crippen molar-refractivity contribution < 1.29 is 14.3 Å². The average molecular weight is 242 g/mol. The fraction of sp³-hybridized carbons (Fsp3) is 0.833. The second kappa shape index (κ2) is 6.59. The van der Waals surface area contributed by atoms with Gasteiger partial charge < -0.3 is 15.8 Å². The SMILES string of the molecule is COC(=O)C1(NC(=O)CCN)CCCCCC1. The molecule has 1 rings (SSSR count). The monoisotopic (exact) mass is 242 g/mol. The van der Waals surface area contributed by atoms with Crippen molar-refractivity contribution in [1.29, 1.82) is 0 Å². The van der Waals surface area contributed by atoms with Gasteiger partial charge in [-0.3, -0.25) is 4.79 Å². The Hall–Kier alpha value is -1.10. The fourth-order valence-electron chi connectivity index (χ4n) is 2.37. The highest BCUT2D eigenvalue weighted by molar-refractivity contribution is 5.88. The Morgan fingerprint density at radius 3 is 2.29 bits per heavy atom. The van der Waals surface area contributed by atoms with E-state index < -0.39 is 5.54 Å². The summed E-state index contributed by atoms with van der Waals surface area (Å²) in [4.78, 5) is 23.6. The van der Waals surface area contributed by atoms with Crippen LogP contribution in [0.3, 0.4) is 0 Å². The van der Waals surface area contributed by atoms with Crippen LogP contribution in [0.15, 0.2) is 0 Å². The van der Waals surface area contributed by atoms with Gasteiger partial charge in [-0.1, -0.05) is 25.7 Å². The quantitative estimate of drug-likeness (QED) is 0.562. The first-order valence-electron chi connectivity index (χ1n) is 6.24. The zero-order chi connectivity index (χ0) is 12.7. The summed E-state index contributed by atoms with van der Waals surface area (Å²) in [5.41, 5.74) is 4.52. The van der Waals surface area contributed by atoms with Gasteiger partial charge in [0.2, 0.25) is 5.91 Å². The summed E-state index contributed by atoms with van der Waals surface area (Å²) in [6, 6.07) is 0. The first kappa shape index (κ1) is 14.0. The van der Waals surface area contributed by atoms with Crippen LogP contribution in [-0.4, -0.2) is 31.1 Å². The molecule has 3 N–H and O–H groups in total. The highest BCUT2D eigenvalue weighted by Crippen LogP contribution is 2.28. The van der Waals surface area contributed by atoms with Crippen molar-refractivity contribution in [3.63, 3.8) is 0 Å². The number of esters is 1. The molecule has 0 atom stereocenters. The second-order valence-corrected chi connectivity index (χ2v) is 4.57. The van der Waals surface area contributed by atoms with Crippen molar-refractivity contribution in [3.05, 3.63) is 0 Å². The van der Waals surface area contributed by atoms with Gasteiger partial charge >= 0.3 is 5.97 Å². The molecule has 0 aromatic heterocycles. The number of nitrogens with two attached hydrogens (primary N) is 1. The van der Waals surface area contributed by atoms with Gasteiger partial charge in [0.05, 0.1) is 7.11 Å². The van der Waals surface area contributed by atoms with E-state index in [2.05, 4.69) is 5.32 Å². The van der Waals surface area contributed by atoms with E-state index in [0.717, 1.165) is 25.7 Å². The van der Waals surface area contributed by atoms with E-state index in [1.807, 2.05) is 0 Å². The largest absolute Gasteiger partial charge is 0.467 e. The number of hydrogen-bond donors (Lipinski definition) is 2. The normalized spacial score (nSPS) is 19.2. The lowest BCUT2D eigenvalue weighted by Crippen LogP contribution is -2.55. The molecule has 1 amide bonds. The average Bonchev–Trinajstić information content (AvgIpc) is 2.55. The molecule has 98 valence electrons. The summed E-state index contributed by atoms with van der Waals surface area (Å²) >= 11 is 0.